The molecular weight excluding hydrogens is 420 g/mol. The van der Waals surface area contributed by atoms with Gasteiger partial charge in [0.25, 0.3) is 23.6 Å². The molecule has 4 amide bonds. The van der Waals surface area contributed by atoms with E-state index in [1.807, 2.05) is 0 Å². The van der Waals surface area contributed by atoms with Crippen LogP contribution in [0.25, 0.3) is 0 Å². The lowest BCUT2D eigenvalue weighted by molar-refractivity contribution is -0.207. The van der Waals surface area contributed by atoms with E-state index in [0.717, 1.165) is 32.1 Å². The second kappa shape index (κ2) is 7.38. The van der Waals surface area contributed by atoms with E-state index >= 15 is 0 Å². The SMILES string of the molecule is O=C(CC12CC3CC(C1)CC(CC(=O)ON1C(=O)CCC1=O)(C3)C2)ON1C(=O)CCC1=O. The maximum Gasteiger partial charge on any atom is 0.333 e. The van der Waals surface area contributed by atoms with Gasteiger partial charge in [0.1, 0.15) is 0 Å². The third-order valence-corrected chi connectivity index (χ3v) is 7.74. The third-order valence-electron chi connectivity index (χ3n) is 7.74. The van der Waals surface area contributed by atoms with Crippen LogP contribution < -0.4 is 0 Å². The van der Waals surface area contributed by atoms with Crippen LogP contribution in [-0.2, 0) is 38.4 Å². The summed E-state index contributed by atoms with van der Waals surface area (Å²) >= 11 is 0. The lowest BCUT2D eigenvalue weighted by atomic mass is 9.43. The van der Waals surface area contributed by atoms with Crippen molar-refractivity contribution in [1.29, 1.82) is 0 Å². The molecule has 0 spiro atoms. The summed E-state index contributed by atoms with van der Waals surface area (Å²) in [6.07, 6.45) is 5.48. The Morgan fingerprint density at radius 2 is 1.03 bits per heavy atom. The summed E-state index contributed by atoms with van der Waals surface area (Å²) < 4.78 is 0. The molecule has 6 rings (SSSR count). The second-order valence-electron chi connectivity index (χ2n) is 10.4. The standard InChI is InChI=1S/C22H26N2O8/c25-15-1-2-16(26)23(15)31-19(29)10-21-6-13-5-14(7-21)9-22(8-13,12-21)11-20(30)32-24-17(27)3-4-18(24)28/h13-14H,1-12H2. The minimum atomic E-state index is -0.596. The molecule has 32 heavy (non-hydrogen) atoms. The highest BCUT2D eigenvalue weighted by Gasteiger charge is 2.59. The van der Waals surface area contributed by atoms with Crippen LogP contribution in [0.3, 0.4) is 0 Å². The molecule has 10 nitrogen and oxygen atoms in total. The fourth-order valence-electron chi connectivity index (χ4n) is 7.26. The maximum atomic E-state index is 12.7. The highest BCUT2D eigenvalue weighted by molar-refractivity contribution is 6.02. The van der Waals surface area contributed by atoms with E-state index < -0.39 is 35.6 Å². The number of rotatable bonds is 6. The van der Waals surface area contributed by atoms with Crippen molar-refractivity contribution in [3.8, 4) is 0 Å². The van der Waals surface area contributed by atoms with Crippen LogP contribution in [0.2, 0.25) is 0 Å². The number of nitrogens with zero attached hydrogens (tertiary/aromatic N) is 2. The summed E-state index contributed by atoms with van der Waals surface area (Å²) in [6, 6.07) is 0. The molecule has 6 aliphatic rings. The van der Waals surface area contributed by atoms with Gasteiger partial charge in [0.15, 0.2) is 0 Å². The van der Waals surface area contributed by atoms with Crippen LogP contribution in [-0.4, -0.2) is 45.7 Å². The smallest absolute Gasteiger partial charge is 0.330 e. The molecule has 0 aromatic rings. The number of imide groups is 2. The van der Waals surface area contributed by atoms with Gasteiger partial charge in [-0.3, -0.25) is 19.2 Å². The number of carbonyl (C=O) groups is 6. The zero-order valence-corrected chi connectivity index (χ0v) is 17.8. The van der Waals surface area contributed by atoms with Crippen LogP contribution >= 0.6 is 0 Å². The molecule has 0 unspecified atom stereocenters. The predicted molar refractivity (Wildman–Crippen MR) is 103 cm³/mol. The van der Waals surface area contributed by atoms with Crippen molar-refractivity contribution in [2.24, 2.45) is 22.7 Å². The molecule has 172 valence electrons. The van der Waals surface area contributed by atoms with Crippen molar-refractivity contribution in [2.45, 2.75) is 77.0 Å². The normalized spacial score (nSPS) is 35.8. The first-order valence-corrected chi connectivity index (χ1v) is 11.3. The minimum absolute atomic E-state index is 0.0502. The van der Waals surface area contributed by atoms with Gasteiger partial charge in [-0.25, -0.2) is 9.59 Å². The lowest BCUT2D eigenvalue weighted by Gasteiger charge is -2.62. The van der Waals surface area contributed by atoms with Crippen molar-refractivity contribution in [3.05, 3.63) is 0 Å². The number of amides is 4. The van der Waals surface area contributed by atoms with Crippen LogP contribution in [0.4, 0.5) is 0 Å². The van der Waals surface area contributed by atoms with E-state index in [1.165, 1.54) is 0 Å². The molecule has 10 heteroatoms. The van der Waals surface area contributed by atoms with Gasteiger partial charge in [0.2, 0.25) is 0 Å². The molecule has 0 aromatic carbocycles. The van der Waals surface area contributed by atoms with E-state index in [1.54, 1.807) is 0 Å². The monoisotopic (exact) mass is 446 g/mol. The van der Waals surface area contributed by atoms with E-state index in [0.29, 0.717) is 28.4 Å². The predicted octanol–water partition coefficient (Wildman–Crippen LogP) is 1.57. The molecule has 0 atom stereocenters. The topological polar surface area (TPSA) is 127 Å². The Kier molecular flexibility index (Phi) is 4.86. The Morgan fingerprint density at radius 3 is 1.38 bits per heavy atom. The number of carbonyl (C=O) groups excluding carboxylic acids is 6. The quantitative estimate of drug-likeness (QED) is 0.563. The Balaban J connectivity index is 1.26. The zero-order valence-electron chi connectivity index (χ0n) is 17.8. The summed E-state index contributed by atoms with van der Waals surface area (Å²) in [7, 11) is 0. The van der Waals surface area contributed by atoms with Crippen LogP contribution in [0.15, 0.2) is 0 Å². The van der Waals surface area contributed by atoms with Crippen molar-refractivity contribution < 1.29 is 38.4 Å². The van der Waals surface area contributed by atoms with Gasteiger partial charge in [0, 0.05) is 25.7 Å². The van der Waals surface area contributed by atoms with Gasteiger partial charge < -0.3 is 9.68 Å². The number of hydroxylamine groups is 4. The molecule has 0 radical (unpaired) electrons. The van der Waals surface area contributed by atoms with Crippen LogP contribution in [0, 0.1) is 22.7 Å². The van der Waals surface area contributed by atoms with Crippen LogP contribution in [0.5, 0.6) is 0 Å². The third kappa shape index (κ3) is 3.69. The van der Waals surface area contributed by atoms with E-state index in [-0.39, 0.29) is 49.4 Å². The average molecular weight is 446 g/mol. The average Bonchev–Trinajstić information content (AvgIpc) is 3.16. The molecule has 4 aliphatic carbocycles. The van der Waals surface area contributed by atoms with E-state index in [9.17, 15) is 28.8 Å². The fraction of sp³-hybridized carbons (Fsp3) is 0.727. The Labute approximate surface area is 184 Å². The Morgan fingerprint density at radius 1 is 0.688 bits per heavy atom. The summed E-state index contributed by atoms with van der Waals surface area (Å²) in [6.45, 7) is 0. The first-order chi connectivity index (χ1) is 15.2. The highest BCUT2D eigenvalue weighted by atomic mass is 16.7. The molecule has 2 saturated heterocycles. The number of hydrogen-bond donors (Lipinski definition) is 0. The second-order valence-corrected chi connectivity index (χ2v) is 10.4. The zero-order chi connectivity index (χ0) is 22.7. The summed E-state index contributed by atoms with van der Waals surface area (Å²) in [5.41, 5.74) is -0.681. The molecule has 2 aliphatic heterocycles. The van der Waals surface area contributed by atoms with Gasteiger partial charge in [-0.15, -0.1) is 10.1 Å². The van der Waals surface area contributed by atoms with E-state index in [4.69, 9.17) is 9.68 Å². The Bertz CT molecular complexity index is 811. The molecule has 4 bridgehead atoms. The van der Waals surface area contributed by atoms with Crippen LogP contribution in [0.1, 0.15) is 77.0 Å². The van der Waals surface area contributed by atoms with Gasteiger partial charge in [0.05, 0.1) is 12.8 Å². The van der Waals surface area contributed by atoms with E-state index in [2.05, 4.69) is 0 Å². The molecular formula is C22H26N2O8. The van der Waals surface area contributed by atoms with Gasteiger partial charge in [-0.1, -0.05) is 0 Å². The fourth-order valence-corrected chi connectivity index (χ4v) is 7.26. The summed E-state index contributed by atoms with van der Waals surface area (Å²) in [4.78, 5) is 82.6. The van der Waals surface area contributed by atoms with Gasteiger partial charge >= 0.3 is 11.9 Å². The first kappa shape index (κ1) is 21.1. The summed E-state index contributed by atoms with van der Waals surface area (Å²) in [5, 5.41) is 1.17. The van der Waals surface area contributed by atoms with Gasteiger partial charge in [-0.05, 0) is 61.2 Å². The molecule has 4 saturated carbocycles. The maximum absolute atomic E-state index is 12.7. The van der Waals surface area contributed by atoms with Crippen molar-refractivity contribution >= 4 is 35.6 Å². The number of hydrogen-bond acceptors (Lipinski definition) is 8. The van der Waals surface area contributed by atoms with Gasteiger partial charge in [-0.2, -0.15) is 0 Å². The van der Waals surface area contributed by atoms with Crippen molar-refractivity contribution in [3.63, 3.8) is 0 Å². The highest BCUT2D eigenvalue weighted by Crippen LogP contribution is 2.67. The minimum Gasteiger partial charge on any atom is -0.330 e. The molecule has 0 N–H and O–H groups in total. The Hall–Kier alpha value is -2.78. The largest absolute Gasteiger partial charge is 0.333 e. The van der Waals surface area contributed by atoms with Crippen molar-refractivity contribution in [2.75, 3.05) is 0 Å². The molecule has 0 aromatic heterocycles. The first-order valence-electron chi connectivity index (χ1n) is 11.3. The van der Waals surface area contributed by atoms with Crippen molar-refractivity contribution in [1.82, 2.24) is 10.1 Å². The molecule has 2 heterocycles. The molecule has 6 fully saturated rings. The lowest BCUT2D eigenvalue weighted by Crippen LogP contribution is -2.53. The summed E-state index contributed by atoms with van der Waals surface area (Å²) in [5.74, 6) is -2.44.